The number of carbonyl (C=O) groups is 1. The predicted octanol–water partition coefficient (Wildman–Crippen LogP) is 4.63. The van der Waals surface area contributed by atoms with Crippen molar-refractivity contribution in [3.63, 3.8) is 0 Å². The van der Waals surface area contributed by atoms with Gasteiger partial charge >= 0.3 is 0 Å². The zero-order valence-corrected chi connectivity index (χ0v) is 18.2. The minimum atomic E-state index is -0.625. The minimum absolute atomic E-state index is 0.0144. The van der Waals surface area contributed by atoms with Crippen molar-refractivity contribution in [1.82, 2.24) is 4.90 Å². The first-order valence-electron chi connectivity index (χ1n) is 9.92. The maximum atomic E-state index is 12.5. The standard InChI is InChI=1S/C23H23N3O4S/c1-16(2)19-5-3-4-6-21(19)31-22-9-7-17(13-20(22)26(28)29)8-10-23(27)25-11-12-30-15-18(25)14-24/h3-10,13,16,18H,11-12,15H2,1-2H3/b10-8+. The molecule has 8 heteroatoms. The van der Waals surface area contributed by atoms with Crippen molar-refractivity contribution in [2.45, 2.75) is 35.6 Å². The number of amides is 1. The number of rotatable bonds is 6. The number of hydrogen-bond acceptors (Lipinski definition) is 6. The maximum absolute atomic E-state index is 12.5. The number of morpholine rings is 1. The van der Waals surface area contributed by atoms with E-state index in [1.54, 1.807) is 12.1 Å². The zero-order chi connectivity index (χ0) is 22.4. The van der Waals surface area contributed by atoms with Crippen LogP contribution in [0.3, 0.4) is 0 Å². The Morgan fingerprint density at radius 3 is 2.81 bits per heavy atom. The molecule has 160 valence electrons. The molecule has 0 N–H and O–H groups in total. The normalized spacial score (nSPS) is 16.5. The highest BCUT2D eigenvalue weighted by atomic mass is 32.2. The third kappa shape index (κ3) is 5.51. The van der Waals surface area contributed by atoms with Gasteiger partial charge in [0, 0.05) is 23.6 Å². The number of nitriles is 1. The fourth-order valence-corrected chi connectivity index (χ4v) is 4.45. The molecule has 1 amide bonds. The number of carbonyl (C=O) groups excluding carboxylic acids is 1. The zero-order valence-electron chi connectivity index (χ0n) is 17.4. The Balaban J connectivity index is 1.82. The van der Waals surface area contributed by atoms with E-state index in [1.165, 1.54) is 34.9 Å². The van der Waals surface area contributed by atoms with E-state index < -0.39 is 11.0 Å². The average Bonchev–Trinajstić information content (AvgIpc) is 2.78. The van der Waals surface area contributed by atoms with Crippen molar-refractivity contribution in [2.75, 3.05) is 19.8 Å². The summed E-state index contributed by atoms with van der Waals surface area (Å²) in [5, 5.41) is 20.9. The van der Waals surface area contributed by atoms with Crippen LogP contribution < -0.4 is 0 Å². The molecule has 2 aromatic carbocycles. The molecule has 0 aromatic heterocycles. The number of nitro groups is 1. The fourth-order valence-electron chi connectivity index (χ4n) is 3.27. The highest BCUT2D eigenvalue weighted by molar-refractivity contribution is 7.99. The third-order valence-electron chi connectivity index (χ3n) is 4.92. The van der Waals surface area contributed by atoms with Crippen LogP contribution in [0.2, 0.25) is 0 Å². The van der Waals surface area contributed by atoms with Crippen LogP contribution in [0.1, 0.15) is 30.9 Å². The van der Waals surface area contributed by atoms with Crippen LogP contribution >= 0.6 is 11.8 Å². The van der Waals surface area contributed by atoms with Crippen LogP contribution in [0, 0.1) is 21.4 Å². The maximum Gasteiger partial charge on any atom is 0.283 e. The van der Waals surface area contributed by atoms with Crippen LogP contribution in [0.15, 0.2) is 58.3 Å². The molecule has 1 heterocycles. The SMILES string of the molecule is CC(C)c1ccccc1Sc1ccc(/C=C/C(=O)N2CCOCC2C#N)cc1[N+](=O)[O-]. The van der Waals surface area contributed by atoms with Gasteiger partial charge in [-0.15, -0.1) is 0 Å². The molecule has 3 rings (SSSR count). The molecule has 0 saturated carbocycles. The highest BCUT2D eigenvalue weighted by Crippen LogP contribution is 2.39. The molecule has 0 aliphatic carbocycles. The van der Waals surface area contributed by atoms with Crippen molar-refractivity contribution >= 4 is 29.4 Å². The molecule has 0 bridgehead atoms. The fraction of sp³-hybridized carbons (Fsp3) is 0.304. The second-order valence-electron chi connectivity index (χ2n) is 7.36. The minimum Gasteiger partial charge on any atom is -0.376 e. The van der Waals surface area contributed by atoms with Crippen molar-refractivity contribution in [1.29, 1.82) is 5.26 Å². The summed E-state index contributed by atoms with van der Waals surface area (Å²) in [6.45, 7) is 5.08. The van der Waals surface area contributed by atoms with Gasteiger partial charge in [-0.3, -0.25) is 14.9 Å². The molecule has 1 saturated heterocycles. The summed E-state index contributed by atoms with van der Waals surface area (Å²) in [6.07, 6.45) is 2.88. The molecule has 1 atom stereocenters. The van der Waals surface area contributed by atoms with Crippen LogP contribution in [-0.2, 0) is 9.53 Å². The number of ether oxygens (including phenoxy) is 1. The van der Waals surface area contributed by atoms with Crippen molar-refractivity contribution in [3.05, 3.63) is 69.8 Å². The molecule has 0 radical (unpaired) electrons. The van der Waals surface area contributed by atoms with E-state index in [1.807, 2.05) is 24.3 Å². The van der Waals surface area contributed by atoms with Gasteiger partial charge in [0.25, 0.3) is 5.69 Å². The first kappa shape index (κ1) is 22.5. The summed E-state index contributed by atoms with van der Waals surface area (Å²) >= 11 is 1.37. The highest BCUT2D eigenvalue weighted by Gasteiger charge is 2.25. The van der Waals surface area contributed by atoms with Gasteiger partial charge in [-0.2, -0.15) is 5.26 Å². The van der Waals surface area contributed by atoms with Crippen molar-refractivity contribution in [2.24, 2.45) is 0 Å². The summed E-state index contributed by atoms with van der Waals surface area (Å²) in [6, 6.07) is 14.2. The Labute approximate surface area is 185 Å². The number of hydrogen-bond donors (Lipinski definition) is 0. The van der Waals surface area contributed by atoms with E-state index in [0.29, 0.717) is 29.5 Å². The summed E-state index contributed by atoms with van der Waals surface area (Å²) in [7, 11) is 0. The predicted molar refractivity (Wildman–Crippen MR) is 119 cm³/mol. The molecule has 0 spiro atoms. The van der Waals surface area contributed by atoms with Crippen molar-refractivity contribution in [3.8, 4) is 6.07 Å². The molecule has 31 heavy (non-hydrogen) atoms. The summed E-state index contributed by atoms with van der Waals surface area (Å²) < 4.78 is 5.23. The first-order chi connectivity index (χ1) is 14.9. The number of nitrogens with zero attached hydrogens (tertiary/aromatic N) is 3. The molecule has 2 aromatic rings. The molecule has 1 unspecified atom stereocenters. The summed E-state index contributed by atoms with van der Waals surface area (Å²) in [4.78, 5) is 26.7. The van der Waals surface area contributed by atoms with E-state index in [9.17, 15) is 20.2 Å². The van der Waals surface area contributed by atoms with E-state index >= 15 is 0 Å². The third-order valence-corrected chi connectivity index (χ3v) is 6.08. The van der Waals surface area contributed by atoms with Gasteiger partial charge in [-0.25, -0.2) is 0 Å². The van der Waals surface area contributed by atoms with E-state index in [2.05, 4.69) is 19.9 Å². The van der Waals surface area contributed by atoms with Gasteiger partial charge in [0.2, 0.25) is 5.91 Å². The topological polar surface area (TPSA) is 96.5 Å². The quantitative estimate of drug-likeness (QED) is 0.371. The van der Waals surface area contributed by atoms with Crippen LogP contribution in [0.5, 0.6) is 0 Å². The lowest BCUT2D eigenvalue weighted by Gasteiger charge is -2.30. The van der Waals surface area contributed by atoms with Crippen molar-refractivity contribution < 1.29 is 14.5 Å². The van der Waals surface area contributed by atoms with Gasteiger partial charge in [0.05, 0.1) is 29.1 Å². The van der Waals surface area contributed by atoms with Gasteiger partial charge < -0.3 is 9.64 Å². The van der Waals surface area contributed by atoms with Gasteiger partial charge in [-0.05, 0) is 35.3 Å². The molecule has 1 aliphatic heterocycles. The van der Waals surface area contributed by atoms with Crippen LogP contribution in [0.25, 0.3) is 6.08 Å². The molecule has 1 aliphatic rings. The Kier molecular flexibility index (Phi) is 7.45. The Bertz CT molecular complexity index is 1050. The summed E-state index contributed by atoms with van der Waals surface area (Å²) in [5.74, 6) is -0.0183. The summed E-state index contributed by atoms with van der Waals surface area (Å²) in [5.41, 5.74) is 1.66. The monoisotopic (exact) mass is 437 g/mol. The largest absolute Gasteiger partial charge is 0.376 e. The van der Waals surface area contributed by atoms with Crippen LogP contribution in [-0.4, -0.2) is 41.5 Å². The molecular formula is C23H23N3O4S. The average molecular weight is 438 g/mol. The first-order valence-corrected chi connectivity index (χ1v) is 10.7. The second-order valence-corrected chi connectivity index (χ2v) is 8.45. The Morgan fingerprint density at radius 2 is 2.10 bits per heavy atom. The lowest BCUT2D eigenvalue weighted by Crippen LogP contribution is -2.47. The van der Waals surface area contributed by atoms with E-state index in [0.717, 1.165) is 10.5 Å². The van der Waals surface area contributed by atoms with Gasteiger partial charge in [0.15, 0.2) is 0 Å². The lowest BCUT2D eigenvalue weighted by molar-refractivity contribution is -0.387. The van der Waals surface area contributed by atoms with Crippen LogP contribution in [0.4, 0.5) is 5.69 Å². The smallest absolute Gasteiger partial charge is 0.283 e. The van der Waals surface area contributed by atoms with E-state index in [4.69, 9.17) is 4.74 Å². The number of benzene rings is 2. The second kappa shape index (κ2) is 10.2. The number of nitro benzene ring substituents is 1. The molecular weight excluding hydrogens is 414 g/mol. The Morgan fingerprint density at radius 1 is 1.32 bits per heavy atom. The lowest BCUT2D eigenvalue weighted by atomic mass is 10.0. The Hall–Kier alpha value is -3.15. The molecule has 1 fully saturated rings. The van der Waals surface area contributed by atoms with Gasteiger partial charge in [0.1, 0.15) is 6.04 Å². The van der Waals surface area contributed by atoms with Gasteiger partial charge in [-0.1, -0.05) is 49.9 Å². The molecule has 7 nitrogen and oxygen atoms in total. The van der Waals surface area contributed by atoms with E-state index in [-0.39, 0.29) is 18.2 Å².